The normalized spacial score (nSPS) is 15.1. The molecule has 1 aliphatic carbocycles. The fourth-order valence-corrected chi connectivity index (χ4v) is 0.865. The van der Waals surface area contributed by atoms with Gasteiger partial charge in [0.25, 0.3) is 5.91 Å². The second kappa shape index (κ2) is 4.30. The van der Waals surface area contributed by atoms with Crippen LogP contribution < -0.4 is 0 Å². The van der Waals surface area contributed by atoms with E-state index in [0.29, 0.717) is 10.1 Å². The summed E-state index contributed by atoms with van der Waals surface area (Å²) in [5.74, 6) is -0.259. The van der Waals surface area contributed by atoms with Crippen molar-refractivity contribution in [1.82, 2.24) is 0 Å². The van der Waals surface area contributed by atoms with Gasteiger partial charge < -0.3 is 0 Å². The van der Waals surface area contributed by atoms with Gasteiger partial charge in [-0.05, 0) is 24.3 Å². The lowest BCUT2D eigenvalue weighted by Gasteiger charge is -1.96. The van der Waals surface area contributed by atoms with Gasteiger partial charge in [0.15, 0.2) is 5.78 Å². The first kappa shape index (κ1) is 9.31. The number of alkyl halides is 1. The van der Waals surface area contributed by atoms with E-state index < -0.39 is 0 Å². The van der Waals surface area contributed by atoms with E-state index >= 15 is 0 Å². The summed E-state index contributed by atoms with van der Waals surface area (Å²) >= 11 is 1.94. The van der Waals surface area contributed by atoms with Crippen molar-refractivity contribution in [3.05, 3.63) is 24.3 Å². The highest BCUT2D eigenvalue weighted by atomic mass is 127. The van der Waals surface area contributed by atoms with Gasteiger partial charge in [-0.15, -0.1) is 0 Å². The summed E-state index contributed by atoms with van der Waals surface area (Å²) < 4.78 is 0.358. The first-order valence-corrected chi connectivity index (χ1v) is 4.82. The summed E-state index contributed by atoms with van der Waals surface area (Å²) in [6, 6.07) is 0. The predicted octanol–water partition coefficient (Wildman–Crippen LogP) is 1.08. The van der Waals surface area contributed by atoms with Crippen LogP contribution in [0.15, 0.2) is 29.3 Å². The van der Waals surface area contributed by atoms with Gasteiger partial charge in [0, 0.05) is 0 Å². The maximum absolute atomic E-state index is 10.8. The summed E-state index contributed by atoms with van der Waals surface area (Å²) in [6.45, 7) is 0. The molecule has 0 unspecified atom stereocenters. The van der Waals surface area contributed by atoms with Gasteiger partial charge in [-0.25, -0.2) is 4.99 Å². The van der Waals surface area contributed by atoms with Gasteiger partial charge in [-0.2, -0.15) is 0 Å². The van der Waals surface area contributed by atoms with Crippen molar-refractivity contribution in [1.29, 1.82) is 0 Å². The number of rotatable bonds is 1. The van der Waals surface area contributed by atoms with Gasteiger partial charge >= 0.3 is 0 Å². The maximum Gasteiger partial charge on any atom is 0.256 e. The van der Waals surface area contributed by atoms with Crippen LogP contribution >= 0.6 is 22.6 Å². The number of carbonyl (C=O) groups excluding carboxylic acids is 2. The number of halogens is 1. The van der Waals surface area contributed by atoms with Crippen LogP contribution in [0.25, 0.3) is 0 Å². The second-order valence-corrected chi connectivity index (χ2v) is 2.90. The van der Waals surface area contributed by atoms with Gasteiger partial charge in [0.2, 0.25) is 0 Å². The lowest BCUT2D eigenvalue weighted by Crippen LogP contribution is -2.03. The molecule has 1 rings (SSSR count). The fraction of sp³-hybridized carbons (Fsp3) is 0.125. The molecule has 62 valence electrons. The van der Waals surface area contributed by atoms with Crippen LogP contribution in [0.5, 0.6) is 0 Å². The molecule has 12 heavy (non-hydrogen) atoms. The largest absolute Gasteiger partial charge is 0.290 e. The van der Waals surface area contributed by atoms with Gasteiger partial charge in [-0.1, -0.05) is 22.6 Å². The Morgan fingerprint density at radius 1 is 1.33 bits per heavy atom. The van der Waals surface area contributed by atoms with Crippen molar-refractivity contribution in [3.63, 3.8) is 0 Å². The van der Waals surface area contributed by atoms with Crippen molar-refractivity contribution in [2.75, 3.05) is 4.43 Å². The summed E-state index contributed by atoms with van der Waals surface area (Å²) in [7, 11) is 0. The third kappa shape index (κ3) is 2.69. The molecule has 0 saturated heterocycles. The Labute approximate surface area is 83.4 Å². The van der Waals surface area contributed by atoms with Gasteiger partial charge in [0.1, 0.15) is 0 Å². The highest BCUT2D eigenvalue weighted by Gasteiger charge is 2.01. The number of amides is 1. The summed E-state index contributed by atoms with van der Waals surface area (Å²) in [5.41, 5.74) is 0.538. The second-order valence-electron chi connectivity index (χ2n) is 2.13. The average Bonchev–Trinajstić information content (AvgIpc) is 2.09. The number of carbonyl (C=O) groups is 2. The lowest BCUT2D eigenvalue weighted by atomic mass is 10.2. The molecular weight excluding hydrogens is 269 g/mol. The third-order valence-electron chi connectivity index (χ3n) is 1.20. The lowest BCUT2D eigenvalue weighted by molar-refractivity contribution is -0.115. The molecule has 0 radical (unpaired) electrons. The molecule has 0 aromatic rings. The molecule has 0 atom stereocenters. The minimum absolute atomic E-state index is 0.0733. The zero-order chi connectivity index (χ0) is 8.97. The molecule has 0 aromatic heterocycles. The molecule has 0 bridgehead atoms. The van der Waals surface area contributed by atoms with E-state index in [2.05, 4.69) is 4.99 Å². The molecule has 0 N–H and O–H groups in total. The molecule has 3 nitrogen and oxygen atoms in total. The smallest absolute Gasteiger partial charge is 0.256 e. The van der Waals surface area contributed by atoms with E-state index in [1.807, 2.05) is 22.6 Å². The van der Waals surface area contributed by atoms with Crippen molar-refractivity contribution in [2.45, 2.75) is 0 Å². The Kier molecular flexibility index (Phi) is 3.33. The molecule has 1 aliphatic rings. The summed E-state index contributed by atoms with van der Waals surface area (Å²) in [5, 5.41) is 0. The number of aliphatic imine (C=N–C) groups is 1. The molecular formula is C8H6INO2. The Morgan fingerprint density at radius 2 is 1.92 bits per heavy atom. The molecule has 0 aromatic carbocycles. The van der Waals surface area contributed by atoms with Crippen LogP contribution in [0, 0.1) is 0 Å². The number of nitrogens with zero attached hydrogens (tertiary/aromatic N) is 1. The Hall–Kier alpha value is -0.780. The highest BCUT2D eigenvalue weighted by Crippen LogP contribution is 1.96. The third-order valence-corrected chi connectivity index (χ3v) is 1.86. The Balaban J connectivity index is 2.73. The van der Waals surface area contributed by atoms with E-state index in [9.17, 15) is 9.59 Å². The molecule has 4 heteroatoms. The standard InChI is InChI=1S/C8H6INO2/c9-5-8(12)10-6-1-3-7(11)4-2-6/h1-4H,5H2. The first-order valence-electron chi connectivity index (χ1n) is 3.30. The van der Waals surface area contributed by atoms with Crippen molar-refractivity contribution in [2.24, 2.45) is 4.99 Å². The van der Waals surface area contributed by atoms with E-state index in [0.717, 1.165) is 0 Å². The summed E-state index contributed by atoms with van der Waals surface area (Å²) in [4.78, 5) is 25.2. The monoisotopic (exact) mass is 275 g/mol. The zero-order valence-electron chi connectivity index (χ0n) is 6.16. The molecule has 0 saturated carbocycles. The first-order chi connectivity index (χ1) is 5.72. The minimum atomic E-state index is -0.186. The van der Waals surface area contributed by atoms with Crippen LogP contribution in [0.3, 0.4) is 0 Å². The summed E-state index contributed by atoms with van der Waals surface area (Å²) in [6.07, 6.45) is 5.84. The SMILES string of the molecule is O=C1C=CC(=NC(=O)CI)C=C1. The number of allylic oxidation sites excluding steroid dienone is 4. The van der Waals surface area contributed by atoms with Crippen LogP contribution in [0.2, 0.25) is 0 Å². The van der Waals surface area contributed by atoms with E-state index in [4.69, 9.17) is 0 Å². The highest BCUT2D eigenvalue weighted by molar-refractivity contribution is 14.1. The molecule has 0 spiro atoms. The van der Waals surface area contributed by atoms with Crippen LogP contribution in [-0.2, 0) is 9.59 Å². The van der Waals surface area contributed by atoms with E-state index in [1.54, 1.807) is 0 Å². The zero-order valence-corrected chi connectivity index (χ0v) is 8.32. The maximum atomic E-state index is 10.8. The van der Waals surface area contributed by atoms with Gasteiger partial charge in [-0.3, -0.25) is 9.59 Å². The van der Waals surface area contributed by atoms with Crippen molar-refractivity contribution < 1.29 is 9.59 Å². The van der Waals surface area contributed by atoms with Crippen LogP contribution in [-0.4, -0.2) is 21.8 Å². The van der Waals surface area contributed by atoms with Gasteiger partial charge in [0.05, 0.1) is 10.1 Å². The van der Waals surface area contributed by atoms with E-state index in [-0.39, 0.29) is 11.7 Å². The number of hydrogen-bond acceptors (Lipinski definition) is 2. The topological polar surface area (TPSA) is 46.5 Å². The Morgan fingerprint density at radius 3 is 2.42 bits per heavy atom. The fourth-order valence-electron chi connectivity index (χ4n) is 0.695. The molecule has 0 heterocycles. The predicted molar refractivity (Wildman–Crippen MR) is 54.6 cm³/mol. The average molecular weight is 275 g/mol. The van der Waals surface area contributed by atoms with Crippen molar-refractivity contribution in [3.8, 4) is 0 Å². The van der Waals surface area contributed by atoms with Crippen LogP contribution in [0.4, 0.5) is 0 Å². The quantitative estimate of drug-likeness (QED) is 0.408. The molecule has 1 amide bonds. The molecule has 0 fully saturated rings. The van der Waals surface area contributed by atoms with Crippen molar-refractivity contribution >= 4 is 40.0 Å². The molecule has 0 aliphatic heterocycles. The minimum Gasteiger partial charge on any atom is -0.290 e. The number of hydrogen-bond donors (Lipinski definition) is 0. The Bertz CT molecular complexity index is 284. The van der Waals surface area contributed by atoms with Crippen LogP contribution in [0.1, 0.15) is 0 Å². The van der Waals surface area contributed by atoms with E-state index in [1.165, 1.54) is 24.3 Å². The number of ketones is 1.